The Bertz CT molecular complexity index is 879. The van der Waals surface area contributed by atoms with Crippen LogP contribution in [-0.4, -0.2) is 70.3 Å². The lowest BCUT2D eigenvalue weighted by molar-refractivity contribution is -0.148. The van der Waals surface area contributed by atoms with Crippen LogP contribution in [0.3, 0.4) is 0 Å². The van der Waals surface area contributed by atoms with Crippen LogP contribution in [0.15, 0.2) is 28.8 Å². The van der Waals surface area contributed by atoms with Crippen LogP contribution in [0.25, 0.3) is 11.4 Å². The van der Waals surface area contributed by atoms with E-state index in [0.29, 0.717) is 36.9 Å². The smallest absolute Gasteiger partial charge is 0.239 e. The summed E-state index contributed by atoms with van der Waals surface area (Å²) in [4.78, 5) is 21.7. The number of amides is 1. The lowest BCUT2D eigenvalue weighted by atomic mass is 9.96. The van der Waals surface area contributed by atoms with Crippen LogP contribution in [0.4, 0.5) is 4.39 Å². The minimum Gasteiger partial charge on any atom is -0.372 e. The van der Waals surface area contributed by atoms with Crippen molar-refractivity contribution in [3.63, 3.8) is 0 Å². The van der Waals surface area contributed by atoms with Crippen molar-refractivity contribution in [2.75, 3.05) is 26.2 Å². The number of likely N-dealkylation sites (tertiary alicyclic amines) is 1. The second-order valence-corrected chi connectivity index (χ2v) is 8.48. The van der Waals surface area contributed by atoms with E-state index in [2.05, 4.69) is 15.0 Å². The summed E-state index contributed by atoms with van der Waals surface area (Å²) in [5.41, 5.74) is 0.594. The molecule has 4 unspecified atom stereocenters. The standard InChI is InChI=1S/C22H29FN4O3/c1-14-11-27(12-15(2)29-14)22(28)16(3)26-9-5-7-18(13-26)21-24-20(25-30-21)17-6-4-8-19(23)10-17/h4,6,8,10,14-16,18H,5,7,9,11-13H2,1-3H3. The van der Waals surface area contributed by atoms with E-state index in [-0.39, 0.29) is 35.9 Å². The maximum atomic E-state index is 13.5. The first-order valence-electron chi connectivity index (χ1n) is 10.7. The Kier molecular flexibility index (Phi) is 6.15. The van der Waals surface area contributed by atoms with Gasteiger partial charge in [-0.1, -0.05) is 17.3 Å². The molecule has 8 heteroatoms. The minimum atomic E-state index is -0.332. The van der Waals surface area contributed by atoms with Crippen molar-refractivity contribution in [3.8, 4) is 11.4 Å². The van der Waals surface area contributed by atoms with Crippen LogP contribution >= 0.6 is 0 Å². The molecule has 4 atom stereocenters. The van der Waals surface area contributed by atoms with Gasteiger partial charge in [0.1, 0.15) is 5.82 Å². The maximum Gasteiger partial charge on any atom is 0.239 e. The molecule has 2 aliphatic heterocycles. The number of hydrogen-bond acceptors (Lipinski definition) is 6. The molecule has 0 N–H and O–H groups in total. The molecule has 3 heterocycles. The number of nitrogens with zero attached hydrogens (tertiary/aromatic N) is 4. The van der Waals surface area contributed by atoms with Gasteiger partial charge in [-0.2, -0.15) is 4.98 Å². The highest BCUT2D eigenvalue weighted by Gasteiger charge is 2.35. The summed E-state index contributed by atoms with van der Waals surface area (Å²) >= 11 is 0. The molecule has 2 fully saturated rings. The highest BCUT2D eigenvalue weighted by atomic mass is 19.1. The number of ether oxygens (including phenoxy) is 1. The second kappa shape index (κ2) is 8.81. The quantitative estimate of drug-likeness (QED) is 0.763. The lowest BCUT2D eigenvalue weighted by Crippen LogP contribution is -2.55. The predicted molar refractivity (Wildman–Crippen MR) is 109 cm³/mol. The first kappa shape index (κ1) is 20.9. The second-order valence-electron chi connectivity index (χ2n) is 8.48. The molecule has 162 valence electrons. The molecular weight excluding hydrogens is 387 g/mol. The van der Waals surface area contributed by atoms with Crippen LogP contribution in [0, 0.1) is 5.82 Å². The van der Waals surface area contributed by atoms with Gasteiger partial charge in [0.2, 0.25) is 17.6 Å². The number of piperidine rings is 1. The largest absolute Gasteiger partial charge is 0.372 e. The monoisotopic (exact) mass is 416 g/mol. The summed E-state index contributed by atoms with van der Waals surface area (Å²) in [6, 6.07) is 5.96. The van der Waals surface area contributed by atoms with Gasteiger partial charge in [0.05, 0.1) is 24.2 Å². The highest BCUT2D eigenvalue weighted by molar-refractivity contribution is 5.81. The topological polar surface area (TPSA) is 71.7 Å². The molecule has 30 heavy (non-hydrogen) atoms. The van der Waals surface area contributed by atoms with Crippen molar-refractivity contribution < 1.29 is 18.4 Å². The normalized spacial score (nSPS) is 26.5. The number of carbonyl (C=O) groups is 1. The number of morpholine rings is 1. The van der Waals surface area contributed by atoms with Gasteiger partial charge >= 0.3 is 0 Å². The Morgan fingerprint density at radius 3 is 2.73 bits per heavy atom. The van der Waals surface area contributed by atoms with E-state index in [1.807, 2.05) is 25.7 Å². The van der Waals surface area contributed by atoms with Crippen LogP contribution in [0.2, 0.25) is 0 Å². The minimum absolute atomic E-state index is 0.0543. The fourth-order valence-electron chi connectivity index (χ4n) is 4.48. The van der Waals surface area contributed by atoms with Crippen molar-refractivity contribution in [2.24, 2.45) is 0 Å². The molecule has 0 radical (unpaired) electrons. The van der Waals surface area contributed by atoms with Gasteiger partial charge < -0.3 is 14.2 Å². The van der Waals surface area contributed by atoms with Crippen molar-refractivity contribution in [2.45, 2.75) is 57.8 Å². The van der Waals surface area contributed by atoms with Crippen molar-refractivity contribution in [1.82, 2.24) is 19.9 Å². The van der Waals surface area contributed by atoms with Gasteiger partial charge in [0, 0.05) is 25.2 Å². The fourth-order valence-corrected chi connectivity index (χ4v) is 4.48. The van der Waals surface area contributed by atoms with Gasteiger partial charge in [-0.3, -0.25) is 9.69 Å². The molecule has 2 aliphatic rings. The zero-order valence-corrected chi connectivity index (χ0v) is 17.8. The Labute approximate surface area is 176 Å². The molecular formula is C22H29FN4O3. The molecule has 0 saturated carbocycles. The molecule has 2 saturated heterocycles. The molecule has 1 aromatic heterocycles. The van der Waals surface area contributed by atoms with E-state index in [4.69, 9.17) is 9.26 Å². The summed E-state index contributed by atoms with van der Waals surface area (Å²) in [7, 11) is 0. The van der Waals surface area contributed by atoms with E-state index in [0.717, 1.165) is 19.4 Å². The zero-order valence-electron chi connectivity index (χ0n) is 17.8. The van der Waals surface area contributed by atoms with Gasteiger partial charge in [-0.05, 0) is 52.3 Å². The Balaban J connectivity index is 1.42. The zero-order chi connectivity index (χ0) is 21.3. The average Bonchev–Trinajstić information content (AvgIpc) is 3.22. The number of carbonyl (C=O) groups excluding carboxylic acids is 1. The third-order valence-electron chi connectivity index (χ3n) is 5.96. The Morgan fingerprint density at radius 1 is 1.23 bits per heavy atom. The fraction of sp³-hybridized carbons (Fsp3) is 0.591. The number of aromatic nitrogens is 2. The third kappa shape index (κ3) is 4.54. The maximum absolute atomic E-state index is 13.5. The summed E-state index contributed by atoms with van der Waals surface area (Å²) in [5.74, 6) is 0.811. The summed E-state index contributed by atoms with van der Waals surface area (Å²) in [6.45, 7) is 8.79. The molecule has 0 aliphatic carbocycles. The molecule has 2 aromatic rings. The van der Waals surface area contributed by atoms with E-state index < -0.39 is 0 Å². The van der Waals surface area contributed by atoms with Gasteiger partial charge in [-0.25, -0.2) is 4.39 Å². The first-order valence-corrected chi connectivity index (χ1v) is 10.7. The van der Waals surface area contributed by atoms with E-state index in [9.17, 15) is 9.18 Å². The van der Waals surface area contributed by atoms with Crippen molar-refractivity contribution >= 4 is 5.91 Å². The Hall–Kier alpha value is -2.32. The van der Waals surface area contributed by atoms with Gasteiger partial charge in [-0.15, -0.1) is 0 Å². The third-order valence-corrected chi connectivity index (χ3v) is 5.96. The van der Waals surface area contributed by atoms with Crippen LogP contribution < -0.4 is 0 Å². The van der Waals surface area contributed by atoms with Crippen LogP contribution in [0.1, 0.15) is 45.4 Å². The lowest BCUT2D eigenvalue weighted by Gasteiger charge is -2.40. The summed E-state index contributed by atoms with van der Waals surface area (Å²) in [6.07, 6.45) is 1.99. The summed E-state index contributed by atoms with van der Waals surface area (Å²) in [5, 5.41) is 4.04. The number of benzene rings is 1. The SMILES string of the molecule is CC1CN(C(=O)C(C)N2CCCC(c3nc(-c4cccc(F)c4)no3)C2)CC(C)O1. The van der Waals surface area contributed by atoms with Crippen molar-refractivity contribution in [1.29, 1.82) is 0 Å². The average molecular weight is 416 g/mol. The highest BCUT2D eigenvalue weighted by Crippen LogP contribution is 2.29. The van der Waals surface area contributed by atoms with Crippen LogP contribution in [0.5, 0.6) is 0 Å². The van der Waals surface area contributed by atoms with Crippen LogP contribution in [-0.2, 0) is 9.53 Å². The Morgan fingerprint density at radius 2 is 2.00 bits per heavy atom. The molecule has 1 amide bonds. The van der Waals surface area contributed by atoms with E-state index in [1.165, 1.54) is 12.1 Å². The summed E-state index contributed by atoms with van der Waals surface area (Å²) < 4.78 is 24.8. The molecule has 0 spiro atoms. The van der Waals surface area contributed by atoms with Crippen molar-refractivity contribution in [3.05, 3.63) is 36.0 Å². The number of halogens is 1. The molecule has 7 nitrogen and oxygen atoms in total. The van der Waals surface area contributed by atoms with Gasteiger partial charge in [0.25, 0.3) is 0 Å². The number of rotatable bonds is 4. The van der Waals surface area contributed by atoms with Gasteiger partial charge in [0.15, 0.2) is 0 Å². The molecule has 4 rings (SSSR count). The molecule has 1 aromatic carbocycles. The number of hydrogen-bond donors (Lipinski definition) is 0. The predicted octanol–water partition coefficient (Wildman–Crippen LogP) is 3.08. The first-order chi connectivity index (χ1) is 14.4. The van der Waals surface area contributed by atoms with E-state index >= 15 is 0 Å². The molecule has 0 bridgehead atoms. The van der Waals surface area contributed by atoms with E-state index in [1.54, 1.807) is 12.1 Å².